The van der Waals surface area contributed by atoms with Gasteiger partial charge in [0.1, 0.15) is 0 Å². The van der Waals surface area contributed by atoms with E-state index in [1.54, 1.807) is 0 Å². The third-order valence-corrected chi connectivity index (χ3v) is 4.68. The van der Waals surface area contributed by atoms with Crippen LogP contribution in [-0.4, -0.2) is 43.5 Å². The summed E-state index contributed by atoms with van der Waals surface area (Å²) in [6.07, 6.45) is 2.47. The van der Waals surface area contributed by atoms with Crippen molar-refractivity contribution in [3.05, 3.63) is 24.3 Å². The molecule has 1 atom stereocenters. The molecule has 2 rings (SSSR count). The van der Waals surface area contributed by atoms with Crippen LogP contribution in [0.2, 0.25) is 0 Å². The number of carbonyl (C=O) groups is 1. The molecular weight excluding hydrogens is 300 g/mol. The smallest absolute Gasteiger partial charge is 0.228 e. The number of nitrogens with zero attached hydrogens (tertiary/aromatic N) is 3. The van der Waals surface area contributed by atoms with Gasteiger partial charge in [-0.25, -0.2) is 0 Å². The summed E-state index contributed by atoms with van der Waals surface area (Å²) >= 11 is 0. The number of hydrogen-bond acceptors (Lipinski definition) is 4. The number of anilines is 2. The summed E-state index contributed by atoms with van der Waals surface area (Å²) in [5, 5.41) is 11.7. The lowest BCUT2D eigenvalue weighted by atomic mass is 9.97. The van der Waals surface area contributed by atoms with E-state index >= 15 is 0 Å². The number of piperidine rings is 1. The van der Waals surface area contributed by atoms with E-state index < -0.39 is 0 Å². The Morgan fingerprint density at radius 1 is 1.33 bits per heavy atom. The molecule has 0 spiro atoms. The molecule has 24 heavy (non-hydrogen) atoms. The second kappa shape index (κ2) is 9.29. The Labute approximate surface area is 145 Å². The van der Waals surface area contributed by atoms with Crippen molar-refractivity contribution in [1.82, 2.24) is 4.90 Å². The van der Waals surface area contributed by atoms with Gasteiger partial charge < -0.3 is 15.1 Å². The predicted molar refractivity (Wildman–Crippen MR) is 98.0 cm³/mol. The molecule has 0 bridgehead atoms. The molecule has 0 radical (unpaired) electrons. The van der Waals surface area contributed by atoms with Crippen LogP contribution in [0.25, 0.3) is 0 Å². The summed E-state index contributed by atoms with van der Waals surface area (Å²) in [7, 11) is 0. The Bertz CT molecular complexity index is 560. The second-order valence-corrected chi connectivity index (χ2v) is 6.26. The molecule has 1 fully saturated rings. The van der Waals surface area contributed by atoms with Crippen LogP contribution in [0, 0.1) is 17.2 Å². The molecule has 1 aliphatic heterocycles. The maximum atomic E-state index is 12.5. The third kappa shape index (κ3) is 4.97. The van der Waals surface area contributed by atoms with Gasteiger partial charge in [0, 0.05) is 44.0 Å². The first kappa shape index (κ1) is 18.3. The summed E-state index contributed by atoms with van der Waals surface area (Å²) in [5.74, 6) is 0.104. The number of amides is 1. The standard InChI is InChI=1S/C19H28N4O/c1-3-23(4-2)18-10-8-17(9-11-18)21-19(24)16-7-5-13-22(15-16)14-6-12-20/h8-11,16H,3-7,13-15H2,1-2H3,(H,21,24). The summed E-state index contributed by atoms with van der Waals surface area (Å²) in [6.45, 7) is 8.74. The topological polar surface area (TPSA) is 59.4 Å². The molecule has 1 aromatic carbocycles. The molecule has 5 nitrogen and oxygen atoms in total. The van der Waals surface area contributed by atoms with Crippen LogP contribution in [0.4, 0.5) is 11.4 Å². The maximum Gasteiger partial charge on any atom is 0.228 e. The van der Waals surface area contributed by atoms with E-state index in [-0.39, 0.29) is 11.8 Å². The van der Waals surface area contributed by atoms with Gasteiger partial charge in [-0.3, -0.25) is 4.79 Å². The zero-order valence-corrected chi connectivity index (χ0v) is 14.8. The molecular formula is C19H28N4O. The normalized spacial score (nSPS) is 18.0. The molecule has 0 aromatic heterocycles. The van der Waals surface area contributed by atoms with Gasteiger partial charge >= 0.3 is 0 Å². The molecule has 1 unspecified atom stereocenters. The zero-order valence-electron chi connectivity index (χ0n) is 14.8. The first-order valence-corrected chi connectivity index (χ1v) is 8.93. The highest BCUT2D eigenvalue weighted by molar-refractivity contribution is 5.92. The Kier molecular flexibility index (Phi) is 7.07. The van der Waals surface area contributed by atoms with Crippen LogP contribution in [0.15, 0.2) is 24.3 Å². The van der Waals surface area contributed by atoms with Gasteiger partial charge in [0.25, 0.3) is 0 Å². The molecule has 130 valence electrons. The minimum Gasteiger partial charge on any atom is -0.372 e. The predicted octanol–water partition coefficient (Wildman–Crippen LogP) is 3.10. The highest BCUT2D eigenvalue weighted by atomic mass is 16.1. The van der Waals surface area contributed by atoms with Crippen LogP contribution < -0.4 is 10.2 Å². The molecule has 0 saturated carbocycles. The van der Waals surface area contributed by atoms with Crippen LogP contribution in [0.3, 0.4) is 0 Å². The van der Waals surface area contributed by atoms with Crippen LogP contribution in [-0.2, 0) is 4.79 Å². The lowest BCUT2D eigenvalue weighted by Crippen LogP contribution is -2.41. The van der Waals surface area contributed by atoms with E-state index in [1.807, 2.05) is 12.1 Å². The van der Waals surface area contributed by atoms with Crippen LogP contribution >= 0.6 is 0 Å². The lowest BCUT2D eigenvalue weighted by molar-refractivity contribution is -0.121. The number of likely N-dealkylation sites (tertiary alicyclic amines) is 1. The number of hydrogen-bond donors (Lipinski definition) is 1. The van der Waals surface area contributed by atoms with Crippen LogP contribution in [0.1, 0.15) is 33.1 Å². The number of nitrogens with one attached hydrogen (secondary N) is 1. The SMILES string of the molecule is CCN(CC)c1ccc(NC(=O)C2CCCN(CCC#N)C2)cc1. The molecule has 1 amide bonds. The summed E-state index contributed by atoms with van der Waals surface area (Å²) in [4.78, 5) is 17.0. The minimum atomic E-state index is 0.0138. The number of carbonyl (C=O) groups excluding carboxylic acids is 1. The van der Waals surface area contributed by atoms with Crippen molar-refractivity contribution in [3.63, 3.8) is 0 Å². The highest BCUT2D eigenvalue weighted by Crippen LogP contribution is 2.21. The van der Waals surface area contributed by atoms with Gasteiger partial charge in [-0.05, 0) is 57.5 Å². The van der Waals surface area contributed by atoms with E-state index in [9.17, 15) is 4.79 Å². The van der Waals surface area contributed by atoms with Gasteiger partial charge in [-0.15, -0.1) is 0 Å². The second-order valence-electron chi connectivity index (χ2n) is 6.26. The fraction of sp³-hybridized carbons (Fsp3) is 0.579. The zero-order chi connectivity index (χ0) is 17.4. The molecule has 1 saturated heterocycles. The first-order valence-electron chi connectivity index (χ1n) is 8.93. The van der Waals surface area contributed by atoms with Gasteiger partial charge in [-0.2, -0.15) is 5.26 Å². The summed E-state index contributed by atoms with van der Waals surface area (Å²) < 4.78 is 0. The van der Waals surface area contributed by atoms with Crippen molar-refractivity contribution < 1.29 is 4.79 Å². The van der Waals surface area contributed by atoms with E-state index in [1.165, 1.54) is 5.69 Å². The van der Waals surface area contributed by atoms with E-state index in [4.69, 9.17) is 5.26 Å². The van der Waals surface area contributed by atoms with Crippen molar-refractivity contribution in [2.45, 2.75) is 33.1 Å². The van der Waals surface area contributed by atoms with Crippen molar-refractivity contribution in [1.29, 1.82) is 5.26 Å². The Morgan fingerprint density at radius 3 is 2.67 bits per heavy atom. The molecule has 5 heteroatoms. The minimum absolute atomic E-state index is 0.0138. The molecule has 1 aliphatic rings. The Morgan fingerprint density at radius 2 is 2.04 bits per heavy atom. The highest BCUT2D eigenvalue weighted by Gasteiger charge is 2.25. The van der Waals surface area contributed by atoms with Gasteiger partial charge in [0.15, 0.2) is 0 Å². The third-order valence-electron chi connectivity index (χ3n) is 4.68. The van der Waals surface area contributed by atoms with Gasteiger partial charge in [0.2, 0.25) is 5.91 Å². The largest absolute Gasteiger partial charge is 0.372 e. The van der Waals surface area contributed by atoms with E-state index in [0.717, 1.165) is 51.3 Å². The van der Waals surface area contributed by atoms with Crippen molar-refractivity contribution in [2.75, 3.05) is 42.9 Å². The van der Waals surface area contributed by atoms with Gasteiger partial charge in [-0.1, -0.05) is 0 Å². The average molecular weight is 328 g/mol. The molecule has 1 N–H and O–H groups in total. The summed E-state index contributed by atoms with van der Waals surface area (Å²) in [6, 6.07) is 10.2. The Balaban J connectivity index is 1.90. The fourth-order valence-corrected chi connectivity index (χ4v) is 3.27. The molecule has 1 heterocycles. The monoisotopic (exact) mass is 328 g/mol. The number of nitriles is 1. The quantitative estimate of drug-likeness (QED) is 0.835. The average Bonchev–Trinajstić information content (AvgIpc) is 2.62. The van der Waals surface area contributed by atoms with Crippen molar-refractivity contribution in [2.24, 2.45) is 5.92 Å². The van der Waals surface area contributed by atoms with Crippen LogP contribution in [0.5, 0.6) is 0 Å². The Hall–Kier alpha value is -2.06. The maximum absolute atomic E-state index is 12.5. The van der Waals surface area contributed by atoms with Gasteiger partial charge in [0.05, 0.1) is 12.0 Å². The molecule has 1 aromatic rings. The summed E-state index contributed by atoms with van der Waals surface area (Å²) in [5.41, 5.74) is 2.03. The number of rotatable bonds is 7. The first-order chi connectivity index (χ1) is 11.7. The number of benzene rings is 1. The fourth-order valence-electron chi connectivity index (χ4n) is 3.27. The van der Waals surface area contributed by atoms with Crippen molar-refractivity contribution >= 4 is 17.3 Å². The van der Waals surface area contributed by atoms with E-state index in [2.05, 4.69) is 47.2 Å². The lowest BCUT2D eigenvalue weighted by Gasteiger charge is -2.31. The molecule has 0 aliphatic carbocycles. The van der Waals surface area contributed by atoms with E-state index in [0.29, 0.717) is 6.42 Å². The van der Waals surface area contributed by atoms with Crippen molar-refractivity contribution in [3.8, 4) is 6.07 Å².